The molecule has 0 radical (unpaired) electrons. The number of hydrogen-bond donors (Lipinski definition) is 1. The highest BCUT2D eigenvalue weighted by atomic mass is 19.1. The Morgan fingerprint density at radius 1 is 1.30 bits per heavy atom. The van der Waals surface area contributed by atoms with E-state index in [1.54, 1.807) is 12.1 Å². The number of amides is 2. The van der Waals surface area contributed by atoms with Gasteiger partial charge in [-0.2, -0.15) is 0 Å². The Balaban J connectivity index is 1.37. The van der Waals surface area contributed by atoms with Crippen molar-refractivity contribution in [1.82, 2.24) is 15.1 Å². The van der Waals surface area contributed by atoms with Gasteiger partial charge in [0.2, 0.25) is 11.8 Å². The second kappa shape index (κ2) is 7.58. The number of nitrogens with zero attached hydrogens (tertiary/aromatic N) is 2. The van der Waals surface area contributed by atoms with E-state index in [-0.39, 0.29) is 29.0 Å². The van der Waals surface area contributed by atoms with Crippen molar-refractivity contribution in [2.45, 2.75) is 38.6 Å². The second-order valence-electron chi connectivity index (χ2n) is 8.52. The topological polar surface area (TPSA) is 52.7 Å². The van der Waals surface area contributed by atoms with Crippen LogP contribution in [0.15, 0.2) is 24.3 Å². The van der Waals surface area contributed by atoms with Crippen molar-refractivity contribution in [2.75, 3.05) is 32.7 Å². The molecule has 2 atom stereocenters. The molecule has 1 spiro atoms. The predicted octanol–water partition coefficient (Wildman–Crippen LogP) is 2.17. The number of benzene rings is 1. The number of carbonyl (C=O) groups excluding carboxylic acids is 2. The maximum absolute atomic E-state index is 13.4. The predicted molar refractivity (Wildman–Crippen MR) is 100 cm³/mol. The molecule has 3 saturated heterocycles. The molecule has 2 amide bonds. The van der Waals surface area contributed by atoms with E-state index in [2.05, 4.69) is 10.2 Å². The van der Waals surface area contributed by atoms with Crippen LogP contribution in [-0.2, 0) is 16.1 Å². The van der Waals surface area contributed by atoms with Gasteiger partial charge in [-0.05, 0) is 49.9 Å². The van der Waals surface area contributed by atoms with Gasteiger partial charge < -0.3 is 10.2 Å². The average molecular weight is 373 g/mol. The molecule has 3 aliphatic rings. The molecule has 6 heteroatoms. The van der Waals surface area contributed by atoms with Gasteiger partial charge in [0, 0.05) is 44.6 Å². The largest absolute Gasteiger partial charge is 0.355 e. The number of hydrogen-bond acceptors (Lipinski definition) is 3. The van der Waals surface area contributed by atoms with Crippen molar-refractivity contribution in [3.8, 4) is 0 Å². The minimum absolute atomic E-state index is 0.00697. The van der Waals surface area contributed by atoms with E-state index >= 15 is 0 Å². The van der Waals surface area contributed by atoms with Crippen LogP contribution in [0.1, 0.15) is 37.7 Å². The van der Waals surface area contributed by atoms with Crippen molar-refractivity contribution in [3.05, 3.63) is 35.6 Å². The molecule has 2 unspecified atom stereocenters. The zero-order valence-corrected chi connectivity index (χ0v) is 15.8. The van der Waals surface area contributed by atoms with E-state index in [9.17, 15) is 14.0 Å². The van der Waals surface area contributed by atoms with Crippen molar-refractivity contribution >= 4 is 11.8 Å². The van der Waals surface area contributed by atoms with Gasteiger partial charge in [-0.25, -0.2) is 4.39 Å². The first-order valence-electron chi connectivity index (χ1n) is 10.1. The normalized spacial score (nSPS) is 29.1. The van der Waals surface area contributed by atoms with Crippen molar-refractivity contribution in [1.29, 1.82) is 0 Å². The van der Waals surface area contributed by atoms with Crippen molar-refractivity contribution in [3.63, 3.8) is 0 Å². The van der Waals surface area contributed by atoms with Crippen LogP contribution in [0.5, 0.6) is 0 Å². The molecular formula is C21H28FN3O2. The van der Waals surface area contributed by atoms with Crippen LogP contribution in [0.3, 0.4) is 0 Å². The van der Waals surface area contributed by atoms with Gasteiger partial charge in [0.25, 0.3) is 0 Å². The number of likely N-dealkylation sites (tertiary alicyclic amines) is 2. The van der Waals surface area contributed by atoms with E-state index < -0.39 is 0 Å². The number of rotatable bonds is 3. The van der Waals surface area contributed by atoms with Gasteiger partial charge in [0.05, 0.1) is 5.92 Å². The average Bonchev–Trinajstić information content (AvgIpc) is 3.01. The molecule has 4 rings (SSSR count). The van der Waals surface area contributed by atoms with Crippen molar-refractivity contribution in [2.24, 2.45) is 11.3 Å². The summed E-state index contributed by atoms with van der Waals surface area (Å²) in [7, 11) is 0. The van der Waals surface area contributed by atoms with E-state index in [4.69, 9.17) is 0 Å². The quantitative estimate of drug-likeness (QED) is 0.884. The molecule has 146 valence electrons. The first-order valence-corrected chi connectivity index (χ1v) is 10.1. The molecule has 3 fully saturated rings. The molecule has 3 heterocycles. The van der Waals surface area contributed by atoms with Crippen LogP contribution in [0, 0.1) is 17.2 Å². The standard InChI is InChI=1S/C21H28FN3O2/c22-18-6-1-4-16(10-18)12-24-8-2-5-17(13-24)20(27)25-9-3-7-21(15-25)11-19(26)23-14-21/h1,4,6,10,17H,2-3,5,7-9,11-15H2,(H,23,26). The van der Waals surface area contributed by atoms with Gasteiger partial charge in [-0.1, -0.05) is 12.1 Å². The summed E-state index contributed by atoms with van der Waals surface area (Å²) < 4.78 is 13.4. The van der Waals surface area contributed by atoms with Crippen LogP contribution in [0.4, 0.5) is 4.39 Å². The summed E-state index contributed by atoms with van der Waals surface area (Å²) in [5, 5.41) is 2.94. The Bertz CT molecular complexity index is 725. The molecule has 0 aromatic heterocycles. The third kappa shape index (κ3) is 4.15. The lowest BCUT2D eigenvalue weighted by Crippen LogP contribution is -2.51. The highest BCUT2D eigenvalue weighted by molar-refractivity contribution is 5.81. The highest BCUT2D eigenvalue weighted by Crippen LogP contribution is 2.37. The fourth-order valence-electron chi connectivity index (χ4n) is 4.99. The third-order valence-electron chi connectivity index (χ3n) is 6.32. The monoisotopic (exact) mass is 373 g/mol. The van der Waals surface area contributed by atoms with Crippen LogP contribution < -0.4 is 5.32 Å². The van der Waals surface area contributed by atoms with Gasteiger partial charge in [0.15, 0.2) is 0 Å². The SMILES string of the molecule is O=C1CC2(CCCN(C(=O)C3CCCN(Cc4cccc(F)c4)C3)C2)CN1. The van der Waals surface area contributed by atoms with Gasteiger partial charge in [0.1, 0.15) is 5.82 Å². The number of piperidine rings is 2. The number of carbonyl (C=O) groups is 2. The molecule has 27 heavy (non-hydrogen) atoms. The van der Waals surface area contributed by atoms with Crippen LogP contribution in [-0.4, -0.2) is 54.3 Å². The molecule has 0 bridgehead atoms. The van der Waals surface area contributed by atoms with E-state index in [0.717, 1.165) is 50.9 Å². The van der Waals surface area contributed by atoms with Crippen molar-refractivity contribution < 1.29 is 14.0 Å². The maximum Gasteiger partial charge on any atom is 0.226 e. The first-order chi connectivity index (χ1) is 13.0. The Kier molecular flexibility index (Phi) is 5.17. The van der Waals surface area contributed by atoms with Gasteiger partial charge >= 0.3 is 0 Å². The lowest BCUT2D eigenvalue weighted by molar-refractivity contribution is -0.141. The zero-order chi connectivity index (χ0) is 18.9. The van der Waals surface area contributed by atoms with E-state index in [0.29, 0.717) is 26.1 Å². The lowest BCUT2D eigenvalue weighted by atomic mass is 9.78. The Morgan fingerprint density at radius 3 is 2.96 bits per heavy atom. The Labute approximate surface area is 159 Å². The minimum atomic E-state index is -0.213. The fourth-order valence-corrected chi connectivity index (χ4v) is 4.99. The second-order valence-corrected chi connectivity index (χ2v) is 8.52. The Hall–Kier alpha value is -1.95. The summed E-state index contributed by atoms with van der Waals surface area (Å²) in [6, 6.07) is 6.71. The van der Waals surface area contributed by atoms with Crippen LogP contribution in [0.25, 0.3) is 0 Å². The Morgan fingerprint density at radius 2 is 2.19 bits per heavy atom. The summed E-state index contributed by atoms with van der Waals surface area (Å²) in [5.74, 6) is 0.142. The van der Waals surface area contributed by atoms with Gasteiger partial charge in [-0.15, -0.1) is 0 Å². The molecule has 0 saturated carbocycles. The summed E-state index contributed by atoms with van der Waals surface area (Å²) >= 11 is 0. The maximum atomic E-state index is 13.4. The highest BCUT2D eigenvalue weighted by Gasteiger charge is 2.43. The third-order valence-corrected chi connectivity index (χ3v) is 6.32. The molecule has 3 aliphatic heterocycles. The molecule has 0 aliphatic carbocycles. The molecular weight excluding hydrogens is 345 g/mol. The summed E-state index contributed by atoms with van der Waals surface area (Å²) in [5.41, 5.74) is 0.900. The zero-order valence-electron chi connectivity index (χ0n) is 15.8. The smallest absolute Gasteiger partial charge is 0.226 e. The molecule has 1 aromatic rings. The van der Waals surface area contributed by atoms with E-state index in [1.807, 2.05) is 11.0 Å². The van der Waals surface area contributed by atoms with Crippen LogP contribution in [0.2, 0.25) is 0 Å². The number of halogens is 1. The lowest BCUT2D eigenvalue weighted by Gasteiger charge is -2.42. The molecule has 1 N–H and O–H groups in total. The van der Waals surface area contributed by atoms with Crippen LogP contribution >= 0.6 is 0 Å². The summed E-state index contributed by atoms with van der Waals surface area (Å²) in [4.78, 5) is 29.1. The molecule has 1 aromatic carbocycles. The number of nitrogens with one attached hydrogen (secondary N) is 1. The van der Waals surface area contributed by atoms with E-state index in [1.165, 1.54) is 6.07 Å². The fraction of sp³-hybridized carbons (Fsp3) is 0.619. The molecule has 5 nitrogen and oxygen atoms in total. The summed E-state index contributed by atoms with van der Waals surface area (Å²) in [6.45, 7) is 4.56. The van der Waals surface area contributed by atoms with Gasteiger partial charge in [-0.3, -0.25) is 14.5 Å². The minimum Gasteiger partial charge on any atom is -0.355 e. The summed E-state index contributed by atoms with van der Waals surface area (Å²) in [6.07, 6.45) is 4.45. The first kappa shape index (κ1) is 18.4.